The first-order valence-corrected chi connectivity index (χ1v) is 0. The van der Waals surface area contributed by atoms with Crippen LogP contribution in [0.2, 0.25) is 0 Å². The largest absolute Gasteiger partial charge is 0 e. The van der Waals surface area contributed by atoms with Crippen LogP contribution in [0.15, 0.2) is 0 Å². The summed E-state index contributed by atoms with van der Waals surface area (Å²) in [7, 11) is 0. The number of halogens is 2. The molecule has 0 aromatic rings. The van der Waals surface area contributed by atoms with Crippen molar-refractivity contribution in [1.29, 1.82) is 0 Å². The Morgan fingerprint density at radius 1 is 0.750 bits per heavy atom. The summed E-state index contributed by atoms with van der Waals surface area (Å²) in [5.41, 5.74) is 0. The van der Waals surface area contributed by atoms with E-state index in [9.17, 15) is 0 Å². The fourth-order valence-corrected chi connectivity index (χ4v) is 0. The average Bonchev–Trinajstić information content (AvgIpc) is 0. The Bertz CT molecular complexity index is 6.00. The SMILES string of the molecule is Cl.Cl.[CaH2].[Co]. The fraction of sp³-hybridized carbons (Fsp3) is 0. The summed E-state index contributed by atoms with van der Waals surface area (Å²) in [5, 5.41) is 0. The smallest absolute Gasteiger partial charge is 0 e. The summed E-state index contributed by atoms with van der Waals surface area (Å²) in [6.45, 7) is 0. The minimum absolute atomic E-state index is 0. The Kier molecular flexibility index (Phi) is 151. The van der Waals surface area contributed by atoms with Gasteiger partial charge in [-0.15, -0.1) is 24.8 Å². The molecular weight excluding hydrogens is 170 g/mol. The van der Waals surface area contributed by atoms with Crippen LogP contribution >= 0.6 is 24.8 Å². The molecule has 0 amide bonds. The van der Waals surface area contributed by atoms with Crippen molar-refractivity contribution in [2.45, 2.75) is 0 Å². The molecule has 0 N–H and O–H groups in total. The van der Waals surface area contributed by atoms with E-state index in [0.29, 0.717) is 0 Å². The van der Waals surface area contributed by atoms with Crippen molar-refractivity contribution in [1.82, 2.24) is 0 Å². The third-order valence-corrected chi connectivity index (χ3v) is 0. The van der Waals surface area contributed by atoms with E-state index in [1.54, 1.807) is 0 Å². The topological polar surface area (TPSA) is 0 Å². The molecule has 0 aromatic heterocycles. The second kappa shape index (κ2) is 18.3. The Balaban J connectivity index is 0. The van der Waals surface area contributed by atoms with E-state index in [0.717, 1.165) is 0 Å². The molecule has 0 aliphatic heterocycles. The predicted molar refractivity (Wildman–Crippen MR) is 23.0 cm³/mol. The second-order valence-electron chi connectivity index (χ2n) is 0. The molecule has 0 unspecified atom stereocenters. The van der Waals surface area contributed by atoms with Gasteiger partial charge in [-0.05, 0) is 0 Å². The first kappa shape index (κ1) is 33.0. The average molecular weight is 174 g/mol. The summed E-state index contributed by atoms with van der Waals surface area (Å²) in [6, 6.07) is 0. The summed E-state index contributed by atoms with van der Waals surface area (Å²) in [5.74, 6) is 0. The van der Waals surface area contributed by atoms with E-state index in [1.165, 1.54) is 0 Å². The molecule has 0 saturated heterocycles. The molecule has 0 rings (SSSR count). The number of rotatable bonds is 0. The molecule has 0 atom stereocenters. The van der Waals surface area contributed by atoms with E-state index >= 15 is 0 Å². The van der Waals surface area contributed by atoms with E-state index < -0.39 is 0 Å². The minimum atomic E-state index is 0. The van der Waals surface area contributed by atoms with Gasteiger partial charge in [-0.1, -0.05) is 0 Å². The maximum Gasteiger partial charge on any atom is 0 e. The predicted octanol–water partition coefficient (Wildman–Crippen LogP) is -0.0751. The monoisotopic (exact) mass is 173 g/mol. The molecule has 4 heavy (non-hydrogen) atoms. The van der Waals surface area contributed by atoms with Gasteiger partial charge < -0.3 is 0 Å². The fourth-order valence-electron chi connectivity index (χ4n) is 0. The summed E-state index contributed by atoms with van der Waals surface area (Å²) < 4.78 is 0. The van der Waals surface area contributed by atoms with E-state index in [1.807, 2.05) is 0 Å². The third-order valence-electron chi connectivity index (χ3n) is 0. The van der Waals surface area contributed by atoms with E-state index in [2.05, 4.69) is 0 Å². The molecule has 0 fully saturated rings. The number of hydrogen-bond acceptors (Lipinski definition) is 0. The Morgan fingerprint density at radius 2 is 0.750 bits per heavy atom. The van der Waals surface area contributed by atoms with E-state index in [4.69, 9.17) is 0 Å². The Morgan fingerprint density at radius 3 is 0.750 bits per heavy atom. The standard InChI is InChI=1S/Ca.2ClH.Co.2H/h;2*1H;;;. The maximum absolute atomic E-state index is 0. The van der Waals surface area contributed by atoms with Gasteiger partial charge >= 0.3 is 37.7 Å². The van der Waals surface area contributed by atoms with Gasteiger partial charge in [0.05, 0.1) is 0 Å². The molecule has 1 radical (unpaired) electrons. The van der Waals surface area contributed by atoms with Gasteiger partial charge in [0.1, 0.15) is 0 Å². The van der Waals surface area contributed by atoms with Gasteiger partial charge in [0, 0.05) is 16.8 Å². The molecule has 29 valence electrons. The van der Waals surface area contributed by atoms with Crippen LogP contribution in [0.1, 0.15) is 0 Å². The molecule has 4 heteroatoms. The van der Waals surface area contributed by atoms with Crippen LogP contribution in [-0.2, 0) is 16.8 Å². The first-order chi connectivity index (χ1) is 0. The molecule has 0 bridgehead atoms. The molecule has 0 saturated carbocycles. The minimum Gasteiger partial charge on any atom is 0 e. The van der Waals surface area contributed by atoms with Crippen molar-refractivity contribution in [3.05, 3.63) is 0 Å². The van der Waals surface area contributed by atoms with Crippen molar-refractivity contribution in [3.8, 4) is 0 Å². The van der Waals surface area contributed by atoms with Gasteiger partial charge in [0.2, 0.25) is 0 Å². The normalized spacial score (nSPS) is 0. The zero-order valence-electron chi connectivity index (χ0n) is 1.15. The molecule has 0 heterocycles. The third kappa shape index (κ3) is 8.84. The number of hydrogen-bond donors (Lipinski definition) is 0. The summed E-state index contributed by atoms with van der Waals surface area (Å²) in [6.07, 6.45) is 0. The van der Waals surface area contributed by atoms with Gasteiger partial charge in [-0.3, -0.25) is 0 Å². The van der Waals surface area contributed by atoms with Crippen molar-refractivity contribution in [2.24, 2.45) is 0 Å². The van der Waals surface area contributed by atoms with Crippen molar-refractivity contribution in [3.63, 3.8) is 0 Å². The zero-order valence-corrected chi connectivity index (χ0v) is 3.82. The van der Waals surface area contributed by atoms with Crippen LogP contribution in [0.4, 0.5) is 0 Å². The maximum atomic E-state index is 0. The van der Waals surface area contributed by atoms with Gasteiger partial charge in [-0.2, -0.15) is 0 Å². The van der Waals surface area contributed by atoms with Gasteiger partial charge in [-0.25, -0.2) is 0 Å². The quantitative estimate of drug-likeness (QED) is 0.450. The Hall–Kier alpha value is 2.35. The zero-order chi connectivity index (χ0) is 0. The summed E-state index contributed by atoms with van der Waals surface area (Å²) >= 11 is 0. The van der Waals surface area contributed by atoms with Crippen molar-refractivity contribution < 1.29 is 16.8 Å². The molecule has 0 spiro atoms. The van der Waals surface area contributed by atoms with Crippen LogP contribution in [0.25, 0.3) is 0 Å². The van der Waals surface area contributed by atoms with Crippen LogP contribution in [-0.4, -0.2) is 37.7 Å². The van der Waals surface area contributed by atoms with Crippen LogP contribution in [0, 0.1) is 0 Å². The Labute approximate surface area is 78.1 Å². The van der Waals surface area contributed by atoms with Crippen LogP contribution in [0.5, 0.6) is 0 Å². The van der Waals surface area contributed by atoms with Crippen molar-refractivity contribution in [2.75, 3.05) is 0 Å². The second-order valence-corrected chi connectivity index (χ2v) is 0. The van der Waals surface area contributed by atoms with Gasteiger partial charge in [0.25, 0.3) is 0 Å². The molecule has 0 aliphatic rings. The first-order valence-electron chi connectivity index (χ1n) is 0. The van der Waals surface area contributed by atoms with E-state index in [-0.39, 0.29) is 79.3 Å². The van der Waals surface area contributed by atoms with Crippen molar-refractivity contribution >= 4 is 62.6 Å². The molecule has 0 aliphatic carbocycles. The molecular formula is H4CaCl2Co. The molecule has 0 nitrogen and oxygen atoms in total. The van der Waals surface area contributed by atoms with Crippen LogP contribution < -0.4 is 0 Å². The summed E-state index contributed by atoms with van der Waals surface area (Å²) in [4.78, 5) is 0. The molecule has 0 aromatic carbocycles. The van der Waals surface area contributed by atoms with Gasteiger partial charge in [0.15, 0.2) is 0 Å². The van der Waals surface area contributed by atoms with Crippen LogP contribution in [0.3, 0.4) is 0 Å².